The molecule has 3 nitrogen and oxygen atoms in total. The van der Waals surface area contributed by atoms with E-state index in [4.69, 9.17) is 4.98 Å². The van der Waals surface area contributed by atoms with Crippen LogP contribution >= 0.6 is 0 Å². The molecule has 154 valence electrons. The van der Waals surface area contributed by atoms with Crippen LogP contribution in [0.5, 0.6) is 0 Å². The summed E-state index contributed by atoms with van der Waals surface area (Å²) in [5.74, 6) is 0. The summed E-state index contributed by atoms with van der Waals surface area (Å²) in [5.41, 5.74) is 8.79. The summed E-state index contributed by atoms with van der Waals surface area (Å²) >= 11 is 0. The molecule has 0 radical (unpaired) electrons. The third kappa shape index (κ3) is 2.76. The third-order valence-electron chi connectivity index (χ3n) is 6.44. The van der Waals surface area contributed by atoms with E-state index in [9.17, 15) is 0 Å². The molecule has 0 aliphatic rings. The second-order valence-corrected chi connectivity index (χ2v) is 8.33. The van der Waals surface area contributed by atoms with Crippen molar-refractivity contribution in [3.05, 3.63) is 115 Å². The van der Waals surface area contributed by atoms with Crippen molar-refractivity contribution < 1.29 is 0 Å². The van der Waals surface area contributed by atoms with Gasteiger partial charge in [0.2, 0.25) is 0 Å². The molecular formula is C30H19N3. The largest absolute Gasteiger partial charge is 0.292 e. The molecule has 3 aromatic heterocycles. The smallest absolute Gasteiger partial charge is 0.146 e. The molecule has 0 saturated heterocycles. The molecule has 33 heavy (non-hydrogen) atoms. The van der Waals surface area contributed by atoms with E-state index < -0.39 is 0 Å². The fourth-order valence-corrected chi connectivity index (χ4v) is 4.85. The molecule has 4 aromatic carbocycles. The lowest BCUT2D eigenvalue weighted by Crippen LogP contribution is -1.92. The number of benzene rings is 4. The average molecular weight is 422 g/mol. The number of hydrogen-bond acceptors (Lipinski definition) is 2. The van der Waals surface area contributed by atoms with Crippen LogP contribution in [0.3, 0.4) is 0 Å². The van der Waals surface area contributed by atoms with Gasteiger partial charge in [-0.3, -0.25) is 9.38 Å². The van der Waals surface area contributed by atoms with Gasteiger partial charge in [0.15, 0.2) is 0 Å². The molecule has 0 amide bonds. The fraction of sp³-hybridized carbons (Fsp3) is 0. The second-order valence-electron chi connectivity index (χ2n) is 8.33. The van der Waals surface area contributed by atoms with Crippen molar-refractivity contribution in [1.29, 1.82) is 0 Å². The number of para-hydroxylation sites is 2. The van der Waals surface area contributed by atoms with E-state index in [1.807, 2.05) is 30.5 Å². The molecule has 0 saturated carbocycles. The topological polar surface area (TPSA) is 30.2 Å². The number of imidazole rings is 1. The minimum absolute atomic E-state index is 0.987. The summed E-state index contributed by atoms with van der Waals surface area (Å²) in [5, 5.41) is 3.64. The number of hydrogen-bond donors (Lipinski definition) is 0. The Bertz CT molecular complexity index is 1800. The van der Waals surface area contributed by atoms with Gasteiger partial charge in [0.05, 0.1) is 22.2 Å². The molecule has 7 rings (SSSR count). The van der Waals surface area contributed by atoms with Gasteiger partial charge in [-0.1, -0.05) is 78.9 Å². The summed E-state index contributed by atoms with van der Waals surface area (Å²) in [6.07, 6.45) is 1.83. The van der Waals surface area contributed by atoms with Gasteiger partial charge in [-0.2, -0.15) is 0 Å². The molecule has 0 unspecified atom stereocenters. The van der Waals surface area contributed by atoms with E-state index in [1.165, 1.54) is 32.8 Å². The first kappa shape index (κ1) is 18.1. The Morgan fingerprint density at radius 3 is 2.09 bits per heavy atom. The Labute approximate surface area is 190 Å². The number of aromatic nitrogens is 3. The van der Waals surface area contributed by atoms with Gasteiger partial charge >= 0.3 is 0 Å². The first-order valence-corrected chi connectivity index (χ1v) is 11.1. The zero-order chi connectivity index (χ0) is 21.8. The van der Waals surface area contributed by atoms with E-state index in [-0.39, 0.29) is 0 Å². The van der Waals surface area contributed by atoms with Crippen molar-refractivity contribution in [1.82, 2.24) is 14.4 Å². The number of pyridine rings is 2. The maximum Gasteiger partial charge on any atom is 0.146 e. The zero-order valence-corrected chi connectivity index (χ0v) is 17.8. The third-order valence-corrected chi connectivity index (χ3v) is 6.44. The minimum atomic E-state index is 0.987. The van der Waals surface area contributed by atoms with E-state index in [0.29, 0.717) is 0 Å². The normalized spacial score (nSPS) is 11.6. The number of fused-ring (bicyclic) bond motifs is 8. The van der Waals surface area contributed by atoms with Crippen LogP contribution in [0.2, 0.25) is 0 Å². The van der Waals surface area contributed by atoms with Gasteiger partial charge in [-0.25, -0.2) is 4.98 Å². The highest BCUT2D eigenvalue weighted by atomic mass is 15.0. The van der Waals surface area contributed by atoms with Gasteiger partial charge in [-0.05, 0) is 46.8 Å². The van der Waals surface area contributed by atoms with Crippen molar-refractivity contribution in [2.24, 2.45) is 0 Å². The van der Waals surface area contributed by atoms with Crippen LogP contribution < -0.4 is 0 Å². The molecule has 0 aliphatic carbocycles. The maximum atomic E-state index is 5.00. The Morgan fingerprint density at radius 1 is 0.515 bits per heavy atom. The molecule has 0 atom stereocenters. The van der Waals surface area contributed by atoms with E-state index in [1.54, 1.807) is 0 Å². The Morgan fingerprint density at radius 2 is 1.24 bits per heavy atom. The fourth-order valence-electron chi connectivity index (χ4n) is 4.85. The van der Waals surface area contributed by atoms with Crippen molar-refractivity contribution >= 4 is 38.4 Å². The Balaban J connectivity index is 1.49. The minimum Gasteiger partial charge on any atom is -0.292 e. The van der Waals surface area contributed by atoms with Crippen LogP contribution in [0.4, 0.5) is 0 Å². The van der Waals surface area contributed by atoms with Crippen LogP contribution in [-0.2, 0) is 0 Å². The van der Waals surface area contributed by atoms with Gasteiger partial charge in [0.25, 0.3) is 0 Å². The summed E-state index contributed by atoms with van der Waals surface area (Å²) in [7, 11) is 0. The summed E-state index contributed by atoms with van der Waals surface area (Å²) < 4.78 is 2.30. The van der Waals surface area contributed by atoms with Gasteiger partial charge < -0.3 is 0 Å². The van der Waals surface area contributed by atoms with Crippen LogP contribution in [0.15, 0.2) is 115 Å². The molecule has 0 bridgehead atoms. The van der Waals surface area contributed by atoms with E-state index in [0.717, 1.165) is 27.9 Å². The summed E-state index contributed by atoms with van der Waals surface area (Å²) in [6.45, 7) is 0. The molecule has 3 heterocycles. The maximum absolute atomic E-state index is 5.00. The zero-order valence-electron chi connectivity index (χ0n) is 17.8. The van der Waals surface area contributed by atoms with E-state index in [2.05, 4.69) is 94.3 Å². The lowest BCUT2D eigenvalue weighted by atomic mass is 9.99. The monoisotopic (exact) mass is 421 g/mol. The summed E-state index contributed by atoms with van der Waals surface area (Å²) in [4.78, 5) is 9.47. The first-order chi connectivity index (χ1) is 16.4. The average Bonchev–Trinajstić information content (AvgIpc) is 3.29. The number of nitrogens with zero attached hydrogens (tertiary/aromatic N) is 3. The standard InChI is InChI=1S/C30H19N3/c1-2-8-25-23(7-1)24-17-16-22(20-12-14-21(15-13-20)26-9-5-6-18-31-26)19-29(24)33-28-11-4-3-10-27(28)32-30(25)33/h1-19H. The highest BCUT2D eigenvalue weighted by Gasteiger charge is 2.14. The highest BCUT2D eigenvalue weighted by molar-refractivity contribution is 6.14. The number of rotatable bonds is 2. The second kappa shape index (κ2) is 7.01. The van der Waals surface area contributed by atoms with Crippen molar-refractivity contribution in [2.75, 3.05) is 0 Å². The van der Waals surface area contributed by atoms with Gasteiger partial charge in [0, 0.05) is 22.5 Å². The molecule has 7 aromatic rings. The highest BCUT2D eigenvalue weighted by Crippen LogP contribution is 2.34. The van der Waals surface area contributed by atoms with Crippen molar-refractivity contribution in [2.45, 2.75) is 0 Å². The molecule has 0 aliphatic heterocycles. The van der Waals surface area contributed by atoms with Crippen LogP contribution in [0.1, 0.15) is 0 Å². The predicted octanol–water partition coefficient (Wildman–Crippen LogP) is 7.52. The van der Waals surface area contributed by atoms with Gasteiger partial charge in [0.1, 0.15) is 5.65 Å². The van der Waals surface area contributed by atoms with Crippen molar-refractivity contribution in [3.63, 3.8) is 0 Å². The van der Waals surface area contributed by atoms with Crippen LogP contribution in [0, 0.1) is 0 Å². The van der Waals surface area contributed by atoms with E-state index >= 15 is 0 Å². The van der Waals surface area contributed by atoms with Crippen LogP contribution in [0.25, 0.3) is 60.7 Å². The lowest BCUT2D eigenvalue weighted by molar-refractivity contribution is 1.31. The Hall–Kier alpha value is -4.50. The first-order valence-electron chi connectivity index (χ1n) is 11.1. The van der Waals surface area contributed by atoms with Crippen molar-refractivity contribution in [3.8, 4) is 22.4 Å². The lowest BCUT2D eigenvalue weighted by Gasteiger charge is -2.11. The van der Waals surface area contributed by atoms with Gasteiger partial charge in [-0.15, -0.1) is 0 Å². The summed E-state index contributed by atoms with van der Waals surface area (Å²) in [6, 6.07) is 38.3. The molecule has 0 N–H and O–H groups in total. The molecule has 0 spiro atoms. The quantitative estimate of drug-likeness (QED) is 0.270. The molecule has 0 fully saturated rings. The predicted molar refractivity (Wildman–Crippen MR) is 136 cm³/mol. The molecule has 3 heteroatoms. The SMILES string of the molecule is c1ccc(-c2ccc(-c3ccc4c5ccccc5c5nc6ccccc6n5c4c3)cc2)nc1. The Kier molecular flexibility index (Phi) is 3.84. The van der Waals surface area contributed by atoms with Crippen LogP contribution in [-0.4, -0.2) is 14.4 Å². The molecular weight excluding hydrogens is 402 g/mol.